The molecule has 1 aliphatic heterocycles. The van der Waals surface area contributed by atoms with Crippen molar-refractivity contribution in [2.24, 2.45) is 16.8 Å². The summed E-state index contributed by atoms with van der Waals surface area (Å²) in [6.07, 6.45) is 3.22. The molecule has 0 radical (unpaired) electrons. The smallest absolute Gasteiger partial charge is 0.191 e. The first-order chi connectivity index (χ1) is 11.2. The fourth-order valence-electron chi connectivity index (χ4n) is 2.23. The molecule has 0 spiro atoms. The lowest BCUT2D eigenvalue weighted by atomic mass is 10.1. The van der Waals surface area contributed by atoms with Crippen LogP contribution in [0, 0.1) is 11.8 Å². The summed E-state index contributed by atoms with van der Waals surface area (Å²) in [5, 5.41) is 6.54. The van der Waals surface area contributed by atoms with Gasteiger partial charge in [0, 0.05) is 45.9 Å². The number of nitrogens with one attached hydrogen (secondary N) is 2. The number of rotatable bonds is 12. The molecule has 1 aliphatic rings. The maximum Gasteiger partial charge on any atom is 0.191 e. The van der Waals surface area contributed by atoms with E-state index in [2.05, 4.69) is 29.5 Å². The second kappa shape index (κ2) is 16.4. The standard InChI is InChI=1S/C17H35N3O3.HI/c1-15(2)5-10-21-12-8-20-17(18-3)19-7-4-9-22-13-16-6-11-23-14-16;/h15-16H,4-14H2,1-3H3,(H2,18,19,20);1H. The Labute approximate surface area is 164 Å². The SMILES string of the molecule is CN=C(NCCCOCC1CCOC1)NCCOCCC(C)C.I. The predicted molar refractivity (Wildman–Crippen MR) is 109 cm³/mol. The maximum absolute atomic E-state index is 5.68. The Hall–Kier alpha value is -0.120. The van der Waals surface area contributed by atoms with Gasteiger partial charge in [-0.25, -0.2) is 0 Å². The zero-order valence-electron chi connectivity index (χ0n) is 15.5. The molecule has 0 aromatic rings. The molecule has 0 aliphatic carbocycles. The molecule has 1 atom stereocenters. The molecule has 6 nitrogen and oxygen atoms in total. The van der Waals surface area contributed by atoms with Crippen molar-refractivity contribution in [1.29, 1.82) is 0 Å². The van der Waals surface area contributed by atoms with E-state index in [1.165, 1.54) is 0 Å². The molecule has 1 heterocycles. The maximum atomic E-state index is 5.68. The van der Waals surface area contributed by atoms with Crippen LogP contribution in [0.2, 0.25) is 0 Å². The zero-order valence-corrected chi connectivity index (χ0v) is 17.8. The molecule has 0 saturated carbocycles. The summed E-state index contributed by atoms with van der Waals surface area (Å²) in [4.78, 5) is 4.20. The van der Waals surface area contributed by atoms with E-state index in [-0.39, 0.29) is 24.0 Å². The molecule has 1 fully saturated rings. The van der Waals surface area contributed by atoms with Gasteiger partial charge >= 0.3 is 0 Å². The second-order valence-corrected chi connectivity index (χ2v) is 6.38. The van der Waals surface area contributed by atoms with Gasteiger partial charge in [0.05, 0.1) is 19.8 Å². The highest BCUT2D eigenvalue weighted by molar-refractivity contribution is 14.0. The number of halogens is 1. The zero-order chi connectivity index (χ0) is 16.8. The average molecular weight is 457 g/mol. The van der Waals surface area contributed by atoms with E-state index in [9.17, 15) is 0 Å². The highest BCUT2D eigenvalue weighted by Crippen LogP contribution is 2.12. The van der Waals surface area contributed by atoms with Crippen LogP contribution in [-0.4, -0.2) is 65.7 Å². The van der Waals surface area contributed by atoms with Crippen LogP contribution in [0.1, 0.15) is 33.1 Å². The highest BCUT2D eigenvalue weighted by Gasteiger charge is 2.15. The lowest BCUT2D eigenvalue weighted by molar-refractivity contribution is 0.0888. The van der Waals surface area contributed by atoms with Gasteiger partial charge in [-0.1, -0.05) is 13.8 Å². The Bertz CT molecular complexity index is 311. The van der Waals surface area contributed by atoms with Crippen molar-refractivity contribution in [3.8, 4) is 0 Å². The molecule has 144 valence electrons. The number of nitrogens with zero attached hydrogens (tertiary/aromatic N) is 1. The van der Waals surface area contributed by atoms with Crippen molar-refractivity contribution >= 4 is 29.9 Å². The summed E-state index contributed by atoms with van der Waals surface area (Å²) in [6, 6.07) is 0. The number of guanidine groups is 1. The minimum atomic E-state index is 0. The van der Waals surface area contributed by atoms with E-state index in [0.717, 1.165) is 71.3 Å². The third-order valence-electron chi connectivity index (χ3n) is 3.74. The molecular weight excluding hydrogens is 421 g/mol. The molecule has 0 amide bonds. The molecule has 0 aromatic heterocycles. The van der Waals surface area contributed by atoms with Gasteiger partial charge in [-0.2, -0.15) is 0 Å². The molecular formula is C17H36IN3O3. The molecule has 7 heteroatoms. The second-order valence-electron chi connectivity index (χ2n) is 6.38. The Morgan fingerprint density at radius 2 is 1.96 bits per heavy atom. The van der Waals surface area contributed by atoms with Crippen molar-refractivity contribution in [3.05, 3.63) is 0 Å². The van der Waals surface area contributed by atoms with Gasteiger partial charge in [0.25, 0.3) is 0 Å². The third kappa shape index (κ3) is 13.2. The largest absolute Gasteiger partial charge is 0.381 e. The first kappa shape index (κ1) is 23.9. The van der Waals surface area contributed by atoms with Gasteiger partial charge in [0.15, 0.2) is 5.96 Å². The van der Waals surface area contributed by atoms with E-state index in [0.29, 0.717) is 18.4 Å². The summed E-state index contributed by atoms with van der Waals surface area (Å²) in [6.45, 7) is 10.9. The predicted octanol–water partition coefficient (Wildman–Crippen LogP) is 2.28. The summed E-state index contributed by atoms with van der Waals surface area (Å²) in [5.41, 5.74) is 0. The Morgan fingerprint density at radius 3 is 2.62 bits per heavy atom. The van der Waals surface area contributed by atoms with E-state index in [4.69, 9.17) is 14.2 Å². The topological polar surface area (TPSA) is 64.1 Å². The van der Waals surface area contributed by atoms with Gasteiger partial charge in [-0.05, 0) is 25.2 Å². The van der Waals surface area contributed by atoms with Crippen LogP contribution in [0.3, 0.4) is 0 Å². The van der Waals surface area contributed by atoms with E-state index >= 15 is 0 Å². The lowest BCUT2D eigenvalue weighted by Crippen LogP contribution is -2.39. The summed E-state index contributed by atoms with van der Waals surface area (Å²) < 4.78 is 16.6. The van der Waals surface area contributed by atoms with Crippen LogP contribution >= 0.6 is 24.0 Å². The van der Waals surface area contributed by atoms with Crippen molar-refractivity contribution in [3.63, 3.8) is 0 Å². The van der Waals surface area contributed by atoms with Gasteiger partial charge in [-0.3, -0.25) is 4.99 Å². The van der Waals surface area contributed by atoms with Crippen LogP contribution in [0.25, 0.3) is 0 Å². The van der Waals surface area contributed by atoms with Gasteiger partial charge in [0.2, 0.25) is 0 Å². The number of hydrogen-bond acceptors (Lipinski definition) is 4. The van der Waals surface area contributed by atoms with Gasteiger partial charge in [0.1, 0.15) is 0 Å². The molecule has 0 aromatic carbocycles. The van der Waals surface area contributed by atoms with Crippen LogP contribution in [0.4, 0.5) is 0 Å². The Morgan fingerprint density at radius 1 is 1.17 bits per heavy atom. The van der Waals surface area contributed by atoms with Gasteiger partial charge < -0.3 is 24.8 Å². The molecule has 0 bridgehead atoms. The monoisotopic (exact) mass is 457 g/mol. The molecule has 24 heavy (non-hydrogen) atoms. The Balaban J connectivity index is 0.00000529. The van der Waals surface area contributed by atoms with E-state index < -0.39 is 0 Å². The third-order valence-corrected chi connectivity index (χ3v) is 3.74. The highest BCUT2D eigenvalue weighted by atomic mass is 127. The van der Waals surface area contributed by atoms with Crippen LogP contribution < -0.4 is 10.6 Å². The summed E-state index contributed by atoms with van der Waals surface area (Å²) in [5.74, 6) is 2.11. The van der Waals surface area contributed by atoms with Gasteiger partial charge in [-0.15, -0.1) is 24.0 Å². The van der Waals surface area contributed by atoms with Crippen LogP contribution in [0.15, 0.2) is 4.99 Å². The quantitative estimate of drug-likeness (QED) is 0.204. The minimum absolute atomic E-state index is 0. The minimum Gasteiger partial charge on any atom is -0.381 e. The fourth-order valence-corrected chi connectivity index (χ4v) is 2.23. The number of ether oxygens (including phenoxy) is 3. The van der Waals surface area contributed by atoms with Crippen LogP contribution in [0.5, 0.6) is 0 Å². The Kier molecular flexibility index (Phi) is 16.3. The number of aliphatic imine (C=N–C) groups is 1. The average Bonchev–Trinajstić information content (AvgIpc) is 3.04. The molecule has 1 unspecified atom stereocenters. The first-order valence-corrected chi connectivity index (χ1v) is 8.90. The lowest BCUT2D eigenvalue weighted by Gasteiger charge is -2.13. The molecule has 1 saturated heterocycles. The van der Waals surface area contributed by atoms with Crippen molar-refractivity contribution in [2.75, 3.05) is 59.8 Å². The summed E-state index contributed by atoms with van der Waals surface area (Å²) in [7, 11) is 1.78. The first-order valence-electron chi connectivity index (χ1n) is 8.90. The van der Waals surface area contributed by atoms with Crippen molar-refractivity contribution in [2.45, 2.75) is 33.1 Å². The molecule has 2 N–H and O–H groups in total. The summed E-state index contributed by atoms with van der Waals surface area (Å²) >= 11 is 0. The van der Waals surface area contributed by atoms with Crippen molar-refractivity contribution in [1.82, 2.24) is 10.6 Å². The van der Waals surface area contributed by atoms with Crippen molar-refractivity contribution < 1.29 is 14.2 Å². The normalized spacial score (nSPS) is 17.8. The number of hydrogen-bond donors (Lipinski definition) is 2. The molecule has 1 rings (SSSR count). The fraction of sp³-hybridized carbons (Fsp3) is 0.941. The van der Waals surface area contributed by atoms with E-state index in [1.54, 1.807) is 7.05 Å². The van der Waals surface area contributed by atoms with Crippen LogP contribution in [-0.2, 0) is 14.2 Å². The van der Waals surface area contributed by atoms with E-state index in [1.807, 2.05) is 0 Å².